The number of nitrogens with zero attached hydrogens (tertiary/aromatic N) is 3. The fourth-order valence-electron chi connectivity index (χ4n) is 6.15. The standard InChI is InChI=1S/C37H48N4O5/c1-27-23-41(28(2)26-42)37(44)22-32-21-33(38-36(43)15-16-40-17-19-45-20-18-40)13-14-34(32)46-35(27)25-39(3)24-29-9-11-31(12-10-29)30-7-5-4-6-8-30/h4-14,21,27-28,35,42H,15-20,22-26H2,1-3H3,(H,38,43)/t27-,28-,35+/m1/s1. The number of ether oxygens (including phenoxy) is 2. The maximum Gasteiger partial charge on any atom is 0.227 e. The summed E-state index contributed by atoms with van der Waals surface area (Å²) < 4.78 is 12.1. The summed E-state index contributed by atoms with van der Waals surface area (Å²) in [7, 11) is 2.09. The first kappa shape index (κ1) is 33.6. The molecule has 9 heteroatoms. The zero-order chi connectivity index (χ0) is 32.5. The number of hydrogen-bond donors (Lipinski definition) is 2. The maximum absolute atomic E-state index is 13.6. The summed E-state index contributed by atoms with van der Waals surface area (Å²) in [5.74, 6) is 0.519. The van der Waals surface area contributed by atoms with E-state index >= 15 is 0 Å². The molecule has 0 unspecified atom stereocenters. The molecule has 0 aromatic heterocycles. The Bertz CT molecular complexity index is 1430. The zero-order valence-electron chi connectivity index (χ0n) is 27.4. The Morgan fingerprint density at radius 3 is 2.48 bits per heavy atom. The van der Waals surface area contributed by atoms with Crippen LogP contribution in [0.15, 0.2) is 72.8 Å². The molecular weight excluding hydrogens is 580 g/mol. The Hall–Kier alpha value is -3.76. The van der Waals surface area contributed by atoms with Crippen molar-refractivity contribution in [3.63, 3.8) is 0 Å². The fourth-order valence-corrected chi connectivity index (χ4v) is 6.15. The van der Waals surface area contributed by atoms with Crippen LogP contribution in [0.3, 0.4) is 0 Å². The van der Waals surface area contributed by atoms with E-state index in [4.69, 9.17) is 9.47 Å². The highest BCUT2D eigenvalue weighted by atomic mass is 16.5. The molecule has 2 aliphatic heterocycles. The maximum atomic E-state index is 13.6. The highest BCUT2D eigenvalue weighted by Crippen LogP contribution is 2.29. The van der Waals surface area contributed by atoms with Crippen LogP contribution in [-0.4, -0.2) is 103 Å². The number of aliphatic hydroxyl groups excluding tert-OH is 1. The van der Waals surface area contributed by atoms with Crippen molar-refractivity contribution in [2.24, 2.45) is 5.92 Å². The molecule has 0 bridgehead atoms. The molecule has 2 amide bonds. The van der Waals surface area contributed by atoms with Crippen molar-refractivity contribution >= 4 is 17.5 Å². The van der Waals surface area contributed by atoms with Gasteiger partial charge in [0.25, 0.3) is 0 Å². The predicted octanol–water partition coefficient (Wildman–Crippen LogP) is 4.30. The van der Waals surface area contributed by atoms with Gasteiger partial charge in [0.05, 0.1) is 32.3 Å². The van der Waals surface area contributed by atoms with Crippen LogP contribution in [0.1, 0.15) is 31.4 Å². The van der Waals surface area contributed by atoms with E-state index in [0.29, 0.717) is 50.7 Å². The lowest BCUT2D eigenvalue weighted by Crippen LogP contribution is -2.47. The van der Waals surface area contributed by atoms with Gasteiger partial charge in [0.2, 0.25) is 11.8 Å². The number of carbonyl (C=O) groups excluding carboxylic acids is 2. The third-order valence-electron chi connectivity index (χ3n) is 8.96. The molecule has 3 atom stereocenters. The van der Waals surface area contributed by atoms with Crippen molar-refractivity contribution in [3.8, 4) is 16.9 Å². The van der Waals surface area contributed by atoms with Crippen LogP contribution >= 0.6 is 0 Å². The molecule has 0 saturated carbocycles. The van der Waals surface area contributed by atoms with Gasteiger partial charge in [0.15, 0.2) is 0 Å². The number of hydrogen-bond acceptors (Lipinski definition) is 7. The molecular formula is C37H48N4O5. The quantitative estimate of drug-likeness (QED) is 0.327. The van der Waals surface area contributed by atoms with Crippen LogP contribution in [0.2, 0.25) is 0 Å². The van der Waals surface area contributed by atoms with Gasteiger partial charge in [-0.05, 0) is 48.9 Å². The minimum absolute atomic E-state index is 0.00590. The number of benzene rings is 3. The summed E-state index contributed by atoms with van der Waals surface area (Å²) in [5, 5.41) is 13.0. The van der Waals surface area contributed by atoms with E-state index in [9.17, 15) is 14.7 Å². The summed E-state index contributed by atoms with van der Waals surface area (Å²) in [6, 6.07) is 24.3. The van der Waals surface area contributed by atoms with Gasteiger partial charge in [-0.3, -0.25) is 19.4 Å². The third kappa shape index (κ3) is 9.16. The lowest BCUT2D eigenvalue weighted by molar-refractivity contribution is -0.134. The largest absolute Gasteiger partial charge is 0.488 e. The molecule has 2 aliphatic rings. The van der Waals surface area contributed by atoms with Crippen molar-refractivity contribution in [3.05, 3.63) is 83.9 Å². The average Bonchev–Trinajstić information content (AvgIpc) is 3.11. The Morgan fingerprint density at radius 1 is 1.04 bits per heavy atom. The molecule has 2 heterocycles. The summed E-state index contributed by atoms with van der Waals surface area (Å²) in [5.41, 5.74) is 4.96. The number of aliphatic hydroxyl groups is 1. The topological polar surface area (TPSA) is 94.6 Å². The average molecular weight is 629 g/mol. The number of amides is 2. The monoisotopic (exact) mass is 628 g/mol. The number of anilines is 1. The van der Waals surface area contributed by atoms with Crippen LogP contribution in [-0.2, 0) is 27.3 Å². The van der Waals surface area contributed by atoms with Crippen molar-refractivity contribution in [2.45, 2.75) is 45.4 Å². The smallest absolute Gasteiger partial charge is 0.227 e. The zero-order valence-corrected chi connectivity index (χ0v) is 27.4. The number of morpholine rings is 1. The highest BCUT2D eigenvalue weighted by Gasteiger charge is 2.31. The second-order valence-electron chi connectivity index (χ2n) is 12.7. The van der Waals surface area contributed by atoms with E-state index in [1.165, 1.54) is 16.7 Å². The van der Waals surface area contributed by atoms with Gasteiger partial charge < -0.3 is 24.8 Å². The molecule has 3 aromatic carbocycles. The van der Waals surface area contributed by atoms with Gasteiger partial charge in [0, 0.05) is 62.9 Å². The molecule has 9 nitrogen and oxygen atoms in total. The molecule has 0 aliphatic carbocycles. The van der Waals surface area contributed by atoms with Gasteiger partial charge in [-0.25, -0.2) is 0 Å². The van der Waals surface area contributed by atoms with Crippen LogP contribution in [0, 0.1) is 5.92 Å². The number of carbonyl (C=O) groups is 2. The van der Waals surface area contributed by atoms with Crippen LogP contribution < -0.4 is 10.1 Å². The minimum Gasteiger partial charge on any atom is -0.488 e. The van der Waals surface area contributed by atoms with E-state index in [1.54, 1.807) is 4.90 Å². The van der Waals surface area contributed by atoms with Crippen LogP contribution in [0.5, 0.6) is 5.75 Å². The van der Waals surface area contributed by atoms with Crippen molar-refractivity contribution in [2.75, 3.05) is 64.9 Å². The Kier molecular flexibility index (Phi) is 11.8. The van der Waals surface area contributed by atoms with E-state index in [0.717, 1.165) is 25.2 Å². The lowest BCUT2D eigenvalue weighted by atomic mass is 10.0. The van der Waals surface area contributed by atoms with E-state index < -0.39 is 0 Å². The Morgan fingerprint density at radius 2 is 1.76 bits per heavy atom. The van der Waals surface area contributed by atoms with E-state index in [1.807, 2.05) is 43.3 Å². The minimum atomic E-state index is -0.318. The van der Waals surface area contributed by atoms with Crippen molar-refractivity contribution in [1.82, 2.24) is 14.7 Å². The normalized spacial score (nSPS) is 19.8. The molecule has 1 fully saturated rings. The van der Waals surface area contributed by atoms with Crippen molar-refractivity contribution < 1.29 is 24.2 Å². The molecule has 3 aromatic rings. The third-order valence-corrected chi connectivity index (χ3v) is 8.96. The van der Waals surface area contributed by atoms with Gasteiger partial charge in [-0.2, -0.15) is 0 Å². The molecule has 0 spiro atoms. The van der Waals surface area contributed by atoms with Gasteiger partial charge in [-0.15, -0.1) is 0 Å². The number of fused-ring (bicyclic) bond motifs is 1. The molecule has 46 heavy (non-hydrogen) atoms. The summed E-state index contributed by atoms with van der Waals surface area (Å²) in [6.07, 6.45) is 0.302. The van der Waals surface area contributed by atoms with Crippen molar-refractivity contribution in [1.29, 1.82) is 0 Å². The Labute approximate surface area is 273 Å². The first-order chi connectivity index (χ1) is 22.3. The van der Waals surface area contributed by atoms with Gasteiger partial charge in [-0.1, -0.05) is 61.5 Å². The summed E-state index contributed by atoms with van der Waals surface area (Å²) >= 11 is 0. The summed E-state index contributed by atoms with van der Waals surface area (Å²) in [4.78, 5) is 32.6. The summed E-state index contributed by atoms with van der Waals surface area (Å²) in [6.45, 7) is 9.48. The molecule has 5 rings (SSSR count). The van der Waals surface area contributed by atoms with Crippen LogP contribution in [0.4, 0.5) is 5.69 Å². The first-order valence-electron chi connectivity index (χ1n) is 16.4. The lowest BCUT2D eigenvalue weighted by Gasteiger charge is -2.34. The molecule has 1 saturated heterocycles. The highest BCUT2D eigenvalue weighted by molar-refractivity contribution is 5.91. The van der Waals surface area contributed by atoms with E-state index in [2.05, 4.69) is 65.5 Å². The first-order valence-corrected chi connectivity index (χ1v) is 16.4. The predicted molar refractivity (Wildman–Crippen MR) is 181 cm³/mol. The second kappa shape index (κ2) is 16.2. The number of nitrogens with one attached hydrogen (secondary N) is 1. The van der Waals surface area contributed by atoms with E-state index in [-0.39, 0.29) is 42.9 Å². The molecule has 246 valence electrons. The SMILES string of the molecule is C[C@@H]1CN([C@H](C)CO)C(=O)Cc2cc(NC(=O)CCN3CCOCC3)ccc2O[C@H]1CN(C)Cc1ccc(-c2ccccc2)cc1. The molecule has 0 radical (unpaired) electrons. The second-order valence-corrected chi connectivity index (χ2v) is 12.7. The molecule has 2 N–H and O–H groups in total. The number of likely N-dealkylation sites (N-methyl/N-ethyl adjacent to an activating group) is 1. The fraction of sp³-hybridized carbons (Fsp3) is 0.459. The van der Waals surface area contributed by atoms with Gasteiger partial charge in [0.1, 0.15) is 11.9 Å². The number of rotatable bonds is 11. The van der Waals surface area contributed by atoms with Crippen LogP contribution in [0.25, 0.3) is 11.1 Å². The van der Waals surface area contributed by atoms with Gasteiger partial charge >= 0.3 is 0 Å². The Balaban J connectivity index is 1.29.